The van der Waals surface area contributed by atoms with E-state index in [-0.39, 0.29) is 28.0 Å². The number of alkyl halides is 6. The lowest BCUT2D eigenvalue weighted by Crippen LogP contribution is -2.33. The molecule has 0 spiro atoms. The van der Waals surface area contributed by atoms with E-state index < -0.39 is 40.0 Å². The van der Waals surface area contributed by atoms with Crippen molar-refractivity contribution in [3.63, 3.8) is 0 Å². The summed E-state index contributed by atoms with van der Waals surface area (Å²) in [5.74, 6) is -10.5. The van der Waals surface area contributed by atoms with Crippen LogP contribution in [0.5, 0.6) is 0 Å². The third kappa shape index (κ3) is 4.61. The van der Waals surface area contributed by atoms with Crippen molar-refractivity contribution in [1.29, 1.82) is 0 Å². The first kappa shape index (κ1) is 31.1. The van der Waals surface area contributed by atoms with Gasteiger partial charge in [0.15, 0.2) is 5.78 Å². The molecule has 0 bridgehead atoms. The van der Waals surface area contributed by atoms with Crippen molar-refractivity contribution in [3.8, 4) is 0 Å². The van der Waals surface area contributed by atoms with Gasteiger partial charge in [0.2, 0.25) is 0 Å². The third-order valence-electron chi connectivity index (χ3n) is 10.1. The fourth-order valence-corrected chi connectivity index (χ4v) is 7.48. The van der Waals surface area contributed by atoms with Gasteiger partial charge in [-0.3, -0.25) is 4.79 Å². The van der Waals surface area contributed by atoms with Gasteiger partial charge in [-0.1, -0.05) is 97.1 Å². The average Bonchev–Trinajstić information content (AvgIpc) is 3.14. The molecule has 0 radical (unpaired) electrons. The molecule has 0 saturated heterocycles. The highest BCUT2D eigenvalue weighted by atomic mass is 19.3. The predicted octanol–water partition coefficient (Wildman–Crippen LogP) is 12.3. The number of halogens is 6. The van der Waals surface area contributed by atoms with E-state index in [1.54, 1.807) is 84.9 Å². The van der Waals surface area contributed by atoms with Crippen LogP contribution in [0.2, 0.25) is 0 Å². The van der Waals surface area contributed by atoms with Crippen molar-refractivity contribution >= 4 is 48.9 Å². The molecule has 0 heterocycles. The maximum Gasteiger partial charge on any atom is 0.299 e. The highest BCUT2D eigenvalue weighted by Gasteiger charge is 2.53. The second-order valence-electron chi connectivity index (χ2n) is 13.0. The first-order valence-electron chi connectivity index (χ1n) is 16.3. The molecule has 51 heavy (non-hydrogen) atoms. The number of benzene rings is 8. The van der Waals surface area contributed by atoms with Gasteiger partial charge in [0.05, 0.1) is 0 Å². The van der Waals surface area contributed by atoms with E-state index in [1.807, 2.05) is 24.3 Å². The van der Waals surface area contributed by atoms with Crippen LogP contribution in [-0.2, 0) is 17.8 Å². The molecule has 0 unspecified atom stereocenters. The summed E-state index contributed by atoms with van der Waals surface area (Å²) < 4.78 is 91.6. The van der Waals surface area contributed by atoms with Gasteiger partial charge in [0.1, 0.15) is 0 Å². The Morgan fingerprint density at radius 2 is 0.490 bits per heavy atom. The topological polar surface area (TPSA) is 17.1 Å². The molecule has 0 atom stereocenters. The molecule has 0 aliphatic heterocycles. The molecule has 0 saturated carbocycles. The van der Waals surface area contributed by atoms with E-state index in [1.165, 1.54) is 36.4 Å². The summed E-state index contributed by atoms with van der Waals surface area (Å²) in [6, 6.07) is 38.8. The van der Waals surface area contributed by atoms with Crippen LogP contribution in [-0.4, -0.2) is 5.78 Å². The van der Waals surface area contributed by atoms with E-state index >= 15 is 26.3 Å². The van der Waals surface area contributed by atoms with E-state index in [0.717, 1.165) is 10.8 Å². The number of carbonyl (C=O) groups is 1. The van der Waals surface area contributed by atoms with Crippen molar-refractivity contribution in [3.05, 3.63) is 190 Å². The van der Waals surface area contributed by atoms with E-state index in [2.05, 4.69) is 0 Å². The second kappa shape index (κ2) is 10.8. The maximum atomic E-state index is 15.3. The highest BCUT2D eigenvalue weighted by Crippen LogP contribution is 2.55. The van der Waals surface area contributed by atoms with Gasteiger partial charge in [0.25, 0.3) is 17.8 Å². The Bertz CT molecular complexity index is 2490. The minimum atomic E-state index is -3.49. The Hall–Kier alpha value is -5.95. The van der Waals surface area contributed by atoms with E-state index in [4.69, 9.17) is 0 Å². The normalized spacial score (nSPS) is 16.2. The van der Waals surface area contributed by atoms with Crippen LogP contribution in [0.15, 0.2) is 146 Å². The summed E-state index contributed by atoms with van der Waals surface area (Å²) in [5.41, 5.74) is -2.73. The number of ketones is 1. The van der Waals surface area contributed by atoms with E-state index in [0.29, 0.717) is 32.3 Å². The number of fused-ring (bicyclic) bond motifs is 8. The summed E-state index contributed by atoms with van der Waals surface area (Å²) in [7, 11) is 0. The summed E-state index contributed by atoms with van der Waals surface area (Å²) in [5, 5.41) is 5.06. The van der Waals surface area contributed by atoms with Crippen molar-refractivity contribution in [2.24, 2.45) is 0 Å². The second-order valence-corrected chi connectivity index (χ2v) is 13.0. The Labute approximate surface area is 287 Å². The number of rotatable bonds is 0. The van der Waals surface area contributed by atoms with Crippen molar-refractivity contribution in [1.82, 2.24) is 0 Å². The molecule has 1 nitrogen and oxygen atoms in total. The molecule has 8 aromatic carbocycles. The molecule has 10 rings (SSSR count). The molecule has 7 heteroatoms. The summed E-state index contributed by atoms with van der Waals surface area (Å²) in [6.07, 6.45) is 0. The minimum absolute atomic E-state index is 0.0893. The smallest absolute Gasteiger partial charge is 0.289 e. The van der Waals surface area contributed by atoms with Gasteiger partial charge in [-0.25, -0.2) is 0 Å². The van der Waals surface area contributed by atoms with Gasteiger partial charge in [-0.2, -0.15) is 26.3 Å². The highest BCUT2D eigenvalue weighted by molar-refractivity contribution is 6.16. The van der Waals surface area contributed by atoms with Gasteiger partial charge in [-0.15, -0.1) is 0 Å². The van der Waals surface area contributed by atoms with Gasteiger partial charge < -0.3 is 0 Å². The number of hydrogen-bond acceptors (Lipinski definition) is 1. The Morgan fingerprint density at radius 1 is 0.294 bits per heavy atom. The average molecular weight is 683 g/mol. The monoisotopic (exact) mass is 682 g/mol. The lowest BCUT2D eigenvalue weighted by Gasteiger charge is -2.34. The molecule has 0 amide bonds. The molecule has 8 aromatic rings. The summed E-state index contributed by atoms with van der Waals surface area (Å²) in [6.45, 7) is 0. The zero-order valence-corrected chi connectivity index (χ0v) is 26.5. The van der Waals surface area contributed by atoms with Crippen LogP contribution in [0.25, 0.3) is 43.1 Å². The molecule has 248 valence electrons. The van der Waals surface area contributed by atoms with Crippen LogP contribution >= 0.6 is 0 Å². The largest absolute Gasteiger partial charge is 0.299 e. The third-order valence-corrected chi connectivity index (χ3v) is 10.1. The van der Waals surface area contributed by atoms with Crippen LogP contribution in [0.1, 0.15) is 49.3 Å². The van der Waals surface area contributed by atoms with Gasteiger partial charge in [-0.05, 0) is 91.6 Å². The van der Waals surface area contributed by atoms with Crippen LogP contribution in [0.4, 0.5) is 26.3 Å². The molecule has 2 aliphatic carbocycles. The summed E-state index contributed by atoms with van der Waals surface area (Å²) in [4.78, 5) is 12.9. The van der Waals surface area contributed by atoms with Crippen LogP contribution in [0.3, 0.4) is 0 Å². The Morgan fingerprint density at radius 3 is 0.745 bits per heavy atom. The van der Waals surface area contributed by atoms with Gasteiger partial charge >= 0.3 is 0 Å². The Kier molecular flexibility index (Phi) is 6.56. The SMILES string of the molecule is FC1(F)c2cc3ccccc3cc2C(F)(F)c2cc3ccccc3cc21.O=C1c2cc3ccccc3cc2C(F)(F)c2cc3ccccc3cc21. The van der Waals surface area contributed by atoms with Crippen molar-refractivity contribution < 1.29 is 31.1 Å². The zero-order valence-electron chi connectivity index (χ0n) is 26.5. The quantitative estimate of drug-likeness (QED) is 0.146. The summed E-state index contributed by atoms with van der Waals surface area (Å²) >= 11 is 0. The first-order valence-corrected chi connectivity index (χ1v) is 16.3. The lowest BCUT2D eigenvalue weighted by atomic mass is 9.78. The fraction of sp³-hybridized carbons (Fsp3) is 0.0682. The molecule has 0 aromatic heterocycles. The first-order chi connectivity index (χ1) is 24.4. The van der Waals surface area contributed by atoms with Crippen molar-refractivity contribution in [2.75, 3.05) is 0 Å². The molecule has 2 aliphatic rings. The fourth-order valence-electron chi connectivity index (χ4n) is 7.48. The number of carbonyl (C=O) groups excluding carboxylic acids is 1. The van der Waals surface area contributed by atoms with Crippen LogP contribution in [0, 0.1) is 0 Å². The maximum absolute atomic E-state index is 15.3. The minimum Gasteiger partial charge on any atom is -0.289 e. The lowest BCUT2D eigenvalue weighted by molar-refractivity contribution is -0.0110. The van der Waals surface area contributed by atoms with E-state index in [9.17, 15) is 4.79 Å². The predicted molar refractivity (Wildman–Crippen MR) is 188 cm³/mol. The Balaban J connectivity index is 0.000000137. The molecular formula is C44H24F6O. The molecule has 0 fully saturated rings. The van der Waals surface area contributed by atoms with Crippen LogP contribution < -0.4 is 0 Å². The van der Waals surface area contributed by atoms with Crippen molar-refractivity contribution in [2.45, 2.75) is 17.8 Å². The zero-order chi connectivity index (χ0) is 35.3. The standard InChI is InChI=1S/C22H12F4.C22H12F2O/c23-21(24)17-9-13-5-1-2-6-14(13)10-18(17)22(25,26)20-12-16-8-4-3-7-15(16)11-19(20)21;23-22(24)19-11-15-7-3-1-5-13(15)9-17(19)21(25)18-10-14-6-2-4-8-16(14)12-20(18)22/h1-12H;1-12H. The molecular weight excluding hydrogens is 658 g/mol. The molecule has 0 N–H and O–H groups in total. The number of hydrogen-bond donors (Lipinski definition) is 0. The van der Waals surface area contributed by atoms with Gasteiger partial charge in [0, 0.05) is 44.5 Å².